The fraction of sp³-hybridized carbons (Fsp3) is 0.500. The first-order chi connectivity index (χ1) is 11.2. The molecule has 1 aromatic carbocycles. The van der Waals surface area contributed by atoms with Gasteiger partial charge in [0.15, 0.2) is 0 Å². The standard InChI is InChI=1S/C16H23INO6/c1-16(2,3)24-15(22)18-12(9-19)13(20)10-23-17-14(21)11-7-5-4-6-8-11/h4-8,12-13,19-20H,9-10H2,1-3H3,(H,18,22)/q-1/t12-,13-/m1/s1. The number of ether oxygens (including phenoxy) is 1. The summed E-state index contributed by atoms with van der Waals surface area (Å²) < 4.78 is 10.2. The third-order valence-corrected chi connectivity index (χ3v) is 4.42. The molecule has 0 heterocycles. The second kappa shape index (κ2) is 9.92. The van der Waals surface area contributed by atoms with Crippen molar-refractivity contribution in [1.29, 1.82) is 0 Å². The Morgan fingerprint density at radius 1 is 1.25 bits per heavy atom. The minimum absolute atomic E-state index is 0.109. The van der Waals surface area contributed by atoms with Crippen molar-refractivity contribution in [2.75, 3.05) is 13.2 Å². The number of halogens is 1. The number of carbonyl (C=O) groups is 2. The van der Waals surface area contributed by atoms with Gasteiger partial charge in [0.25, 0.3) is 0 Å². The first kappa shape index (κ1) is 20.8. The van der Waals surface area contributed by atoms with E-state index in [4.69, 9.17) is 7.80 Å². The van der Waals surface area contributed by atoms with Gasteiger partial charge >= 0.3 is 152 Å². The molecule has 1 amide bonds. The number of hydrogen-bond acceptors (Lipinski definition) is 6. The average molecular weight is 452 g/mol. The van der Waals surface area contributed by atoms with Crippen molar-refractivity contribution in [3.63, 3.8) is 0 Å². The van der Waals surface area contributed by atoms with Gasteiger partial charge in [-0.25, -0.2) is 0 Å². The summed E-state index contributed by atoms with van der Waals surface area (Å²) >= 11 is -1.25. The molecule has 3 N–H and O–H groups in total. The van der Waals surface area contributed by atoms with Crippen molar-refractivity contribution in [3.05, 3.63) is 35.9 Å². The number of rotatable bonds is 8. The number of amides is 1. The van der Waals surface area contributed by atoms with Crippen LogP contribution >= 0.6 is 0 Å². The molecule has 1 rings (SSSR count). The molecule has 0 aliphatic heterocycles. The van der Waals surface area contributed by atoms with E-state index < -0.39 is 52.1 Å². The fourth-order valence-corrected chi connectivity index (χ4v) is 3.04. The first-order valence-corrected chi connectivity index (χ1v) is 9.33. The van der Waals surface area contributed by atoms with Crippen molar-refractivity contribution in [2.24, 2.45) is 0 Å². The Balaban J connectivity index is 2.40. The normalized spacial score (nSPS) is 14.0. The molecule has 0 saturated heterocycles. The minimum atomic E-state index is -1.25. The van der Waals surface area contributed by atoms with Crippen molar-refractivity contribution >= 4 is 9.88 Å². The van der Waals surface area contributed by atoms with E-state index in [1.807, 2.05) is 6.07 Å². The van der Waals surface area contributed by atoms with Gasteiger partial charge in [0.2, 0.25) is 0 Å². The SMILES string of the molecule is CC(C)(C)OC(=O)N[C@H](CO)[C@H](O)CO[I-]C(=O)c1ccccc1. The predicted octanol–water partition coefficient (Wildman–Crippen LogP) is -1.91. The van der Waals surface area contributed by atoms with Crippen LogP contribution < -0.4 is 26.9 Å². The van der Waals surface area contributed by atoms with Crippen LogP contribution in [0.1, 0.15) is 31.1 Å². The van der Waals surface area contributed by atoms with E-state index in [1.165, 1.54) is 0 Å². The Morgan fingerprint density at radius 2 is 1.88 bits per heavy atom. The molecule has 0 radical (unpaired) electrons. The fourth-order valence-electron chi connectivity index (χ4n) is 1.60. The van der Waals surface area contributed by atoms with E-state index in [-0.39, 0.29) is 10.4 Å². The van der Waals surface area contributed by atoms with Crippen molar-refractivity contribution in [2.45, 2.75) is 38.5 Å². The van der Waals surface area contributed by atoms with Crippen LogP contribution in [0.25, 0.3) is 0 Å². The number of nitrogens with one attached hydrogen (secondary N) is 1. The average Bonchev–Trinajstić information content (AvgIpc) is 2.51. The Hall–Kier alpha value is -1.23. The molecule has 24 heavy (non-hydrogen) atoms. The number of aliphatic hydroxyl groups excluding tert-OH is 2. The zero-order valence-corrected chi connectivity index (χ0v) is 16.0. The van der Waals surface area contributed by atoms with Gasteiger partial charge in [-0.2, -0.15) is 0 Å². The molecule has 0 saturated carbocycles. The molecule has 7 nitrogen and oxygen atoms in total. The molecule has 2 atom stereocenters. The van der Waals surface area contributed by atoms with Crippen LogP contribution in [0, 0.1) is 0 Å². The number of hydrogen-bond donors (Lipinski definition) is 3. The molecule has 0 aliphatic carbocycles. The zero-order valence-electron chi connectivity index (χ0n) is 13.9. The molecule has 136 valence electrons. The third-order valence-electron chi connectivity index (χ3n) is 2.72. The van der Waals surface area contributed by atoms with Crippen molar-refractivity contribution in [1.82, 2.24) is 5.32 Å². The predicted molar refractivity (Wildman–Crippen MR) is 83.0 cm³/mol. The van der Waals surface area contributed by atoms with Gasteiger partial charge in [0.05, 0.1) is 0 Å². The van der Waals surface area contributed by atoms with E-state index >= 15 is 0 Å². The van der Waals surface area contributed by atoms with E-state index in [2.05, 4.69) is 5.32 Å². The first-order valence-electron chi connectivity index (χ1n) is 7.37. The summed E-state index contributed by atoms with van der Waals surface area (Å²) in [7, 11) is 0. The van der Waals surface area contributed by atoms with E-state index in [1.54, 1.807) is 45.0 Å². The van der Waals surface area contributed by atoms with Gasteiger partial charge in [0.1, 0.15) is 0 Å². The molecule has 0 bridgehead atoms. The summed E-state index contributed by atoms with van der Waals surface area (Å²) in [5.41, 5.74) is -0.121. The van der Waals surface area contributed by atoms with E-state index in [0.29, 0.717) is 5.56 Å². The number of carbonyl (C=O) groups excluding carboxylic acids is 2. The number of alkyl carbamates (subject to hydrolysis) is 1. The molecular weight excluding hydrogens is 429 g/mol. The van der Waals surface area contributed by atoms with Crippen LogP contribution in [0.15, 0.2) is 30.3 Å². The quantitative estimate of drug-likeness (QED) is 0.314. The zero-order chi connectivity index (χ0) is 18.2. The summed E-state index contributed by atoms with van der Waals surface area (Å²) in [5.74, 6) is 0. The Morgan fingerprint density at radius 3 is 2.42 bits per heavy atom. The van der Waals surface area contributed by atoms with Gasteiger partial charge in [-0.05, 0) is 0 Å². The maximum absolute atomic E-state index is 11.9. The summed E-state index contributed by atoms with van der Waals surface area (Å²) in [6.07, 6.45) is -1.89. The summed E-state index contributed by atoms with van der Waals surface area (Å²) in [6.45, 7) is 4.49. The third kappa shape index (κ3) is 8.04. The topological polar surface area (TPSA) is 105 Å². The van der Waals surface area contributed by atoms with Gasteiger partial charge in [0, 0.05) is 0 Å². The van der Waals surface area contributed by atoms with Gasteiger partial charge < -0.3 is 0 Å². The molecule has 8 heteroatoms. The van der Waals surface area contributed by atoms with Crippen LogP contribution in [0.5, 0.6) is 0 Å². The monoisotopic (exact) mass is 452 g/mol. The molecular formula is C16H23INO6-. The molecule has 0 spiro atoms. The Kier molecular flexibility index (Phi) is 8.60. The van der Waals surface area contributed by atoms with Crippen molar-refractivity contribution < 1.29 is 49.2 Å². The molecule has 0 aliphatic rings. The van der Waals surface area contributed by atoms with Crippen LogP contribution in [-0.4, -0.2) is 51.1 Å². The van der Waals surface area contributed by atoms with E-state index in [0.717, 1.165) is 0 Å². The number of benzene rings is 1. The van der Waals surface area contributed by atoms with Gasteiger partial charge in [-0.3, -0.25) is 0 Å². The Bertz CT molecular complexity index is 531. The van der Waals surface area contributed by atoms with Gasteiger partial charge in [-0.15, -0.1) is 0 Å². The number of aliphatic hydroxyl groups is 2. The molecule has 0 fully saturated rings. The van der Waals surface area contributed by atoms with Crippen LogP contribution in [0.2, 0.25) is 0 Å². The van der Waals surface area contributed by atoms with Crippen LogP contribution in [-0.2, 0) is 7.80 Å². The van der Waals surface area contributed by atoms with Crippen molar-refractivity contribution in [3.8, 4) is 0 Å². The maximum atomic E-state index is 11.9. The molecule has 0 aromatic heterocycles. The summed E-state index contributed by atoms with van der Waals surface area (Å²) in [6, 6.07) is 7.80. The summed E-state index contributed by atoms with van der Waals surface area (Å²) in [4.78, 5) is 23.6. The second-order valence-electron chi connectivity index (χ2n) is 6.00. The summed E-state index contributed by atoms with van der Waals surface area (Å²) in [5, 5.41) is 21.7. The van der Waals surface area contributed by atoms with Crippen LogP contribution in [0.4, 0.5) is 4.79 Å². The van der Waals surface area contributed by atoms with Crippen LogP contribution in [0.3, 0.4) is 0 Å². The Labute approximate surface area is 152 Å². The second-order valence-corrected chi connectivity index (χ2v) is 8.04. The molecule has 1 aromatic rings. The molecule has 0 unspecified atom stereocenters. The van der Waals surface area contributed by atoms with Gasteiger partial charge in [-0.1, -0.05) is 0 Å². The van der Waals surface area contributed by atoms with E-state index in [9.17, 15) is 19.8 Å².